The molecule has 1 amide bonds. The summed E-state index contributed by atoms with van der Waals surface area (Å²) in [5, 5.41) is 13.7. The molecule has 0 saturated heterocycles. The number of anilines is 1. The maximum absolute atomic E-state index is 12.5. The van der Waals surface area contributed by atoms with Crippen molar-refractivity contribution < 1.29 is 28.2 Å². The summed E-state index contributed by atoms with van der Waals surface area (Å²) in [6.45, 7) is -3.06. The van der Waals surface area contributed by atoms with Gasteiger partial charge in [-0.1, -0.05) is 24.3 Å². The number of benzene rings is 2. The Hall–Kier alpha value is -3.24. The van der Waals surface area contributed by atoms with Crippen molar-refractivity contribution in [2.75, 3.05) is 26.1 Å². The van der Waals surface area contributed by atoms with E-state index in [2.05, 4.69) is 15.0 Å². The highest BCUT2D eigenvalue weighted by atomic mass is 19.3. The molecule has 0 fully saturated rings. The van der Waals surface area contributed by atoms with Gasteiger partial charge in [-0.25, -0.2) is 4.99 Å². The molecule has 1 aliphatic rings. The Morgan fingerprint density at radius 1 is 1.30 bits per heavy atom. The molecule has 0 aromatic heterocycles. The number of halogens is 2. The summed E-state index contributed by atoms with van der Waals surface area (Å²) in [7, 11) is 3.00. The van der Waals surface area contributed by atoms with Gasteiger partial charge in [0.15, 0.2) is 17.7 Å². The quantitative estimate of drug-likeness (QED) is 0.629. The van der Waals surface area contributed by atoms with Gasteiger partial charge >= 0.3 is 6.61 Å². The predicted molar refractivity (Wildman–Crippen MR) is 106 cm³/mol. The summed E-state index contributed by atoms with van der Waals surface area (Å²) in [5.74, 6) is -0.268. The summed E-state index contributed by atoms with van der Waals surface area (Å²) >= 11 is 0. The van der Waals surface area contributed by atoms with Crippen LogP contribution in [-0.4, -0.2) is 55.5 Å². The molecule has 10 heteroatoms. The molecule has 0 aliphatic carbocycles. The highest BCUT2D eigenvalue weighted by Crippen LogP contribution is 2.43. The third-order valence-electron chi connectivity index (χ3n) is 4.77. The van der Waals surface area contributed by atoms with Gasteiger partial charge < -0.3 is 30.5 Å². The van der Waals surface area contributed by atoms with E-state index in [-0.39, 0.29) is 24.2 Å². The number of likely N-dealkylation sites (N-methyl/N-ethyl adjacent to an activating group) is 1. The van der Waals surface area contributed by atoms with Gasteiger partial charge in [0, 0.05) is 19.8 Å². The minimum absolute atomic E-state index is 0.0257. The van der Waals surface area contributed by atoms with Gasteiger partial charge in [0.05, 0.1) is 0 Å². The second-order valence-electron chi connectivity index (χ2n) is 6.69. The van der Waals surface area contributed by atoms with E-state index in [4.69, 9.17) is 10.5 Å². The molecule has 2 unspecified atom stereocenters. The number of aliphatic imine (C=N–C) groups is 1. The smallest absolute Gasteiger partial charge is 0.387 e. The van der Waals surface area contributed by atoms with Crippen molar-refractivity contribution in [1.82, 2.24) is 4.90 Å². The lowest BCUT2D eigenvalue weighted by atomic mass is 9.81. The first kappa shape index (κ1) is 21.5. The fraction of sp³-hybridized carbons (Fsp3) is 0.300. The second kappa shape index (κ2) is 8.64. The third kappa shape index (κ3) is 4.05. The third-order valence-corrected chi connectivity index (χ3v) is 4.77. The number of rotatable bonds is 7. The first-order valence-corrected chi connectivity index (χ1v) is 8.99. The van der Waals surface area contributed by atoms with E-state index in [1.807, 2.05) is 0 Å². The van der Waals surface area contributed by atoms with E-state index >= 15 is 0 Å². The molecule has 4 N–H and O–H groups in total. The zero-order valence-electron chi connectivity index (χ0n) is 16.4. The zero-order valence-corrected chi connectivity index (χ0v) is 16.4. The molecule has 3 rings (SSSR count). The lowest BCUT2D eigenvalue weighted by molar-refractivity contribution is -0.119. The van der Waals surface area contributed by atoms with Gasteiger partial charge in [0.25, 0.3) is 0 Å². The van der Waals surface area contributed by atoms with Crippen molar-refractivity contribution in [2.24, 2.45) is 10.7 Å². The number of guanidine groups is 1. The molecule has 30 heavy (non-hydrogen) atoms. The van der Waals surface area contributed by atoms with Crippen LogP contribution >= 0.6 is 0 Å². The Morgan fingerprint density at radius 2 is 2.00 bits per heavy atom. The Labute approximate surface area is 171 Å². The number of nitrogens with zero attached hydrogens (tertiary/aromatic N) is 2. The summed E-state index contributed by atoms with van der Waals surface area (Å²) in [6, 6.07) is 12.6. The minimum atomic E-state index is -2.95. The van der Waals surface area contributed by atoms with Crippen molar-refractivity contribution in [2.45, 2.75) is 18.4 Å². The fourth-order valence-electron chi connectivity index (χ4n) is 3.37. The van der Waals surface area contributed by atoms with E-state index in [9.17, 15) is 18.7 Å². The summed E-state index contributed by atoms with van der Waals surface area (Å²) in [6.07, 6.45) is -1.18. The van der Waals surface area contributed by atoms with E-state index in [1.54, 1.807) is 31.3 Å². The number of nitrogens with two attached hydrogens (primary N) is 1. The van der Waals surface area contributed by atoms with Crippen molar-refractivity contribution >= 4 is 17.6 Å². The Kier molecular flexibility index (Phi) is 6.18. The first-order chi connectivity index (χ1) is 14.3. The average Bonchev–Trinajstić information content (AvgIpc) is 2.93. The topological polar surface area (TPSA) is 109 Å². The van der Waals surface area contributed by atoms with Crippen LogP contribution in [0, 0.1) is 0 Å². The van der Waals surface area contributed by atoms with Crippen molar-refractivity contribution in [3.05, 3.63) is 59.7 Å². The molecular weight excluding hydrogens is 398 g/mol. The molecule has 8 nitrogen and oxygen atoms in total. The van der Waals surface area contributed by atoms with Crippen molar-refractivity contribution in [3.63, 3.8) is 0 Å². The Balaban J connectivity index is 2.06. The minimum Gasteiger partial charge on any atom is -0.435 e. The normalized spacial score (nSPS) is 20.9. The Bertz CT molecular complexity index is 939. The second-order valence-corrected chi connectivity index (χ2v) is 6.69. The van der Waals surface area contributed by atoms with Gasteiger partial charge in [-0.3, -0.25) is 4.79 Å². The molecule has 2 aromatic rings. The number of nitrogens with one attached hydrogen (secondary N) is 1. The molecule has 1 heterocycles. The van der Waals surface area contributed by atoms with Crippen molar-refractivity contribution in [3.8, 4) is 5.75 Å². The number of amides is 1. The van der Waals surface area contributed by atoms with Crippen LogP contribution in [0.15, 0.2) is 53.5 Å². The highest BCUT2D eigenvalue weighted by molar-refractivity contribution is 5.92. The molecule has 2 aromatic carbocycles. The van der Waals surface area contributed by atoms with Gasteiger partial charge in [-0.05, 0) is 35.4 Å². The molecular formula is C20H22F2N4O4. The summed E-state index contributed by atoms with van der Waals surface area (Å²) < 4.78 is 34.2. The Morgan fingerprint density at radius 3 is 2.57 bits per heavy atom. The zero-order chi connectivity index (χ0) is 21.9. The molecule has 160 valence electrons. The number of methoxy groups -OCH3 is 1. The number of aliphatic hydroxyl groups is 1. The first-order valence-electron chi connectivity index (χ1n) is 8.99. The van der Waals surface area contributed by atoms with Gasteiger partial charge in [-0.2, -0.15) is 8.78 Å². The monoisotopic (exact) mass is 420 g/mol. The molecule has 0 radical (unpaired) electrons. The number of carbonyl (C=O) groups is 1. The van der Waals surface area contributed by atoms with Gasteiger partial charge in [0.1, 0.15) is 12.4 Å². The van der Waals surface area contributed by atoms with Crippen LogP contribution in [0.1, 0.15) is 11.1 Å². The number of hydrogen-bond acceptors (Lipinski definition) is 7. The number of carbonyl (C=O) groups excluding carboxylic acids is 1. The summed E-state index contributed by atoms with van der Waals surface area (Å²) in [4.78, 5) is 17.8. The average molecular weight is 420 g/mol. The largest absolute Gasteiger partial charge is 0.435 e. The molecule has 2 atom stereocenters. The SMILES string of the molecule is COCC(=O)Nc1cccc(C2(c3ccc(OC(F)F)cc3)N=C(N)N(C)C2O)c1. The molecule has 1 aliphatic heterocycles. The van der Waals surface area contributed by atoms with E-state index in [1.165, 1.54) is 36.3 Å². The highest BCUT2D eigenvalue weighted by Gasteiger charge is 2.49. The van der Waals surface area contributed by atoms with Gasteiger partial charge in [0.2, 0.25) is 5.91 Å². The lowest BCUT2D eigenvalue weighted by Crippen LogP contribution is -2.45. The van der Waals surface area contributed by atoms with Crippen LogP contribution in [0.3, 0.4) is 0 Å². The van der Waals surface area contributed by atoms with Crippen LogP contribution in [0.4, 0.5) is 14.5 Å². The van der Waals surface area contributed by atoms with Crippen LogP contribution in [0.5, 0.6) is 5.75 Å². The summed E-state index contributed by atoms with van der Waals surface area (Å²) in [5.41, 5.74) is 6.16. The lowest BCUT2D eigenvalue weighted by Gasteiger charge is -2.33. The van der Waals surface area contributed by atoms with Crippen LogP contribution in [0.25, 0.3) is 0 Å². The van der Waals surface area contributed by atoms with Crippen LogP contribution < -0.4 is 15.8 Å². The number of ether oxygens (including phenoxy) is 2. The predicted octanol–water partition coefficient (Wildman–Crippen LogP) is 1.69. The molecule has 0 bridgehead atoms. The van der Waals surface area contributed by atoms with Crippen LogP contribution in [0.2, 0.25) is 0 Å². The van der Waals surface area contributed by atoms with E-state index in [0.29, 0.717) is 16.8 Å². The number of alkyl halides is 2. The fourth-order valence-corrected chi connectivity index (χ4v) is 3.37. The molecule has 0 spiro atoms. The number of aliphatic hydroxyl groups excluding tert-OH is 1. The van der Waals surface area contributed by atoms with Crippen LogP contribution in [-0.2, 0) is 15.1 Å². The maximum Gasteiger partial charge on any atom is 0.387 e. The van der Waals surface area contributed by atoms with Crippen molar-refractivity contribution in [1.29, 1.82) is 0 Å². The van der Waals surface area contributed by atoms with Gasteiger partial charge in [-0.15, -0.1) is 0 Å². The molecule has 0 saturated carbocycles. The van der Waals surface area contributed by atoms with E-state index < -0.39 is 18.4 Å². The van der Waals surface area contributed by atoms with E-state index in [0.717, 1.165) is 0 Å². The maximum atomic E-state index is 12.5. The number of hydrogen-bond donors (Lipinski definition) is 3. The standard InChI is InChI=1S/C20H22F2N4O4/c1-26-17(28)20(25-19(26)23,12-6-8-15(9-7-12)30-18(21)22)13-4-3-5-14(10-13)24-16(27)11-29-2/h3-10,17-18,28H,11H2,1-2H3,(H2,23,25)(H,24,27).